The van der Waals surface area contributed by atoms with Gasteiger partial charge in [0.25, 0.3) is 0 Å². The topological polar surface area (TPSA) is 109 Å². The molecule has 10 heavy (non-hydrogen) atoms. The Balaban J connectivity index is -0.0000000180. The van der Waals surface area contributed by atoms with Crippen molar-refractivity contribution in [1.82, 2.24) is 0 Å². The van der Waals surface area contributed by atoms with E-state index in [1.807, 2.05) is 0 Å². The molecule has 0 aliphatic carbocycles. The predicted molar refractivity (Wildman–Crippen MR) is 26.6 cm³/mol. The van der Waals surface area contributed by atoms with Crippen molar-refractivity contribution < 1.29 is 87.6 Å². The van der Waals surface area contributed by atoms with Crippen LogP contribution in [0, 0.1) is 0 Å². The zero-order valence-electron chi connectivity index (χ0n) is 8.03. The Morgan fingerprint density at radius 1 is 1.50 bits per heavy atom. The van der Waals surface area contributed by atoms with Gasteiger partial charge in [-0.3, -0.25) is 0 Å². The zero-order valence-corrected chi connectivity index (χ0v) is 10.0. The molecule has 0 bridgehead atoms. The average Bonchev–Trinajstić information content (AvgIpc) is 1.65. The van der Waals surface area contributed by atoms with E-state index in [2.05, 4.69) is 0 Å². The van der Waals surface area contributed by atoms with Gasteiger partial charge in [0.2, 0.25) is 0 Å². The van der Waals surface area contributed by atoms with Crippen LogP contribution in [0.4, 0.5) is 0 Å². The van der Waals surface area contributed by atoms with E-state index >= 15 is 0 Å². The van der Waals surface area contributed by atoms with Crippen molar-refractivity contribution in [3.05, 3.63) is 0 Å². The number of carboxylic acid groups (broad SMARTS) is 1. The first-order chi connectivity index (χ1) is 3.18. The van der Waals surface area contributed by atoms with E-state index in [4.69, 9.17) is 15.3 Å². The molecule has 0 aromatic carbocycles. The summed E-state index contributed by atoms with van der Waals surface area (Å²) in [5, 5.41) is 23.7. The number of hydrogen-bond donors (Lipinski definition) is 3. The first kappa shape index (κ1) is 22.5. The number of rotatable bonds is 2. The maximum Gasteiger partial charge on any atom is 1.00 e. The van der Waals surface area contributed by atoms with E-state index in [0.717, 1.165) is 0 Å². The molecule has 0 aromatic rings. The van der Waals surface area contributed by atoms with E-state index in [0.29, 0.717) is 0 Å². The van der Waals surface area contributed by atoms with Crippen LogP contribution in [-0.4, -0.2) is 39.5 Å². The maximum absolute atomic E-state index is 9.52. The van der Waals surface area contributed by atoms with Gasteiger partial charge in [0.1, 0.15) is 0 Å². The molecule has 0 aromatic heterocycles. The van der Waals surface area contributed by atoms with E-state index < -0.39 is 18.7 Å². The van der Waals surface area contributed by atoms with Crippen LogP contribution < -0.4 is 59.1 Å². The van der Waals surface area contributed by atoms with Crippen LogP contribution in [0.15, 0.2) is 0 Å². The van der Waals surface area contributed by atoms with Crippen LogP contribution in [0.2, 0.25) is 0 Å². The van der Waals surface area contributed by atoms with Crippen molar-refractivity contribution >= 4 is 5.97 Å². The Morgan fingerprint density at radius 3 is 1.80 bits per heavy atom. The summed E-state index contributed by atoms with van der Waals surface area (Å²) in [5.41, 5.74) is 0. The summed E-state index contributed by atoms with van der Waals surface area (Å²) in [6, 6.07) is 0. The molecule has 0 aliphatic heterocycles. The van der Waals surface area contributed by atoms with E-state index in [9.17, 15) is 4.79 Å². The average molecular weight is 172 g/mol. The molecule has 5 nitrogen and oxygen atoms in total. The molecule has 0 fully saturated rings. The molecule has 7 heteroatoms. The van der Waals surface area contributed by atoms with Gasteiger partial charge in [0.05, 0.1) is 6.61 Å². The minimum atomic E-state index is -1.63. The van der Waals surface area contributed by atoms with Crippen LogP contribution >= 0.6 is 0 Å². The number of carbonyl (C=O) groups is 1. The maximum atomic E-state index is 9.52. The zero-order chi connectivity index (χ0) is 5.86. The van der Waals surface area contributed by atoms with Gasteiger partial charge < -0.3 is 23.6 Å². The van der Waals surface area contributed by atoms with Gasteiger partial charge in [-0.2, -0.15) is 0 Å². The van der Waals surface area contributed by atoms with Gasteiger partial charge in [0.15, 0.2) is 6.10 Å². The second-order valence-electron chi connectivity index (χ2n) is 1.04. The van der Waals surface area contributed by atoms with Crippen LogP contribution in [0.25, 0.3) is 0 Å². The third kappa shape index (κ3) is 12.1. The first-order valence-electron chi connectivity index (χ1n) is 1.70. The Labute approximate surface area is 105 Å². The summed E-state index contributed by atoms with van der Waals surface area (Å²) in [7, 11) is 0. The molecule has 1 unspecified atom stereocenters. The third-order valence-electron chi connectivity index (χ3n) is 0.458. The van der Waals surface area contributed by atoms with Crippen LogP contribution in [0.5, 0.6) is 0 Å². The normalized spacial score (nSPS) is 9.40. The molecule has 0 spiro atoms. The largest absolute Gasteiger partial charge is 1.00 e. The Kier molecular flexibility index (Phi) is 29.2. The van der Waals surface area contributed by atoms with Gasteiger partial charge in [-0.25, -0.2) is 4.79 Å². The summed E-state index contributed by atoms with van der Waals surface area (Å²) >= 11 is 0. The van der Waals surface area contributed by atoms with Crippen molar-refractivity contribution in [1.29, 1.82) is 0 Å². The molecule has 0 saturated carbocycles. The number of hydrogen-bond acceptors (Lipinski definition) is 3. The minimum absolute atomic E-state index is 0. The molecular weight excluding hydrogens is 162 g/mol. The van der Waals surface area contributed by atoms with Crippen molar-refractivity contribution in [3.63, 3.8) is 0 Å². The smallest absolute Gasteiger partial charge is 1.00 e. The van der Waals surface area contributed by atoms with Gasteiger partial charge >= 0.3 is 65.1 Å². The summed E-state index contributed by atoms with van der Waals surface area (Å²) < 4.78 is 0. The van der Waals surface area contributed by atoms with Crippen molar-refractivity contribution in [2.75, 3.05) is 6.61 Å². The molecule has 5 N–H and O–H groups in total. The SMILES string of the molecule is O.O=C(O)C(O)CO.[H-].[H-].[Na+].[Na+]. The van der Waals surface area contributed by atoms with Gasteiger partial charge in [-0.05, 0) is 0 Å². The van der Waals surface area contributed by atoms with Gasteiger partial charge in [-0.1, -0.05) is 0 Å². The Morgan fingerprint density at radius 2 is 1.80 bits per heavy atom. The molecule has 1 atom stereocenters. The molecule has 0 heterocycles. The summed E-state index contributed by atoms with van der Waals surface area (Å²) in [5.74, 6) is -1.40. The minimum Gasteiger partial charge on any atom is -1.00 e. The molecular formula is C3H10Na2O5. The van der Waals surface area contributed by atoms with E-state index in [1.54, 1.807) is 0 Å². The Bertz CT molecular complexity index is 85.1. The second-order valence-corrected chi connectivity index (χ2v) is 1.04. The summed E-state index contributed by atoms with van der Waals surface area (Å²) in [6.45, 7) is -0.727. The number of carboxylic acids is 1. The monoisotopic (exact) mass is 172 g/mol. The molecule has 0 aliphatic rings. The van der Waals surface area contributed by atoms with Crippen molar-refractivity contribution in [3.8, 4) is 0 Å². The number of aliphatic carboxylic acids is 1. The van der Waals surface area contributed by atoms with Gasteiger partial charge in [-0.15, -0.1) is 0 Å². The molecule has 0 rings (SSSR count). The molecule has 54 valence electrons. The fourth-order valence-corrected chi connectivity index (χ4v) is 0.0781. The predicted octanol–water partition coefficient (Wildman–Crippen LogP) is -8.17. The van der Waals surface area contributed by atoms with Crippen LogP contribution in [-0.2, 0) is 4.79 Å². The number of aliphatic hydroxyl groups is 2. The fraction of sp³-hybridized carbons (Fsp3) is 0.667. The Hall–Kier alpha value is 1.35. The first-order valence-corrected chi connectivity index (χ1v) is 1.70. The van der Waals surface area contributed by atoms with Crippen molar-refractivity contribution in [2.24, 2.45) is 0 Å². The second kappa shape index (κ2) is 13.0. The molecule has 0 saturated heterocycles. The van der Waals surface area contributed by atoms with E-state index in [-0.39, 0.29) is 67.4 Å². The fourth-order valence-electron chi connectivity index (χ4n) is 0.0781. The standard InChI is InChI=1S/C3H6O4.2Na.H2O.2H/c4-1-2(5)3(6)7;;;;;/h2,4-5H,1H2,(H,6,7);;;1H2;;/q;2*+1;;2*-1. The summed E-state index contributed by atoms with van der Waals surface area (Å²) in [4.78, 5) is 9.52. The van der Waals surface area contributed by atoms with E-state index in [1.165, 1.54) is 0 Å². The number of aliphatic hydroxyl groups excluding tert-OH is 2. The molecule has 0 amide bonds. The van der Waals surface area contributed by atoms with Gasteiger partial charge in [0, 0.05) is 0 Å². The van der Waals surface area contributed by atoms with Crippen LogP contribution in [0.1, 0.15) is 2.85 Å². The van der Waals surface area contributed by atoms with Crippen molar-refractivity contribution in [2.45, 2.75) is 6.10 Å². The van der Waals surface area contributed by atoms with Crippen LogP contribution in [0.3, 0.4) is 0 Å². The quantitative estimate of drug-likeness (QED) is 0.359. The molecule has 0 radical (unpaired) electrons. The third-order valence-corrected chi connectivity index (χ3v) is 0.458. The summed E-state index contributed by atoms with van der Waals surface area (Å²) in [6.07, 6.45) is -1.63.